The standard InChI is InChI=1S/C43H61NO4/c1-27(2)30-18-23-42(24-20-35(45)46)26-25-41(10)34(43(30,42)44)16-15-33-39(8)21-17-31(38(6,7)32(39)19-22-40(33,41)9)28-11-13-29(14-12-28)36(47)48-37(3,4)5/h11-14,17,20,24,30,32-34H,1,15-16,18-19,21-23,25-26,44H2,2-10H3,(H,45,46)/b24-20+/t30-,32-,33+,34-,39-,40+,41+,42-,43-/m0/s1. The average molecular weight is 656 g/mol. The van der Waals surface area contributed by atoms with Crippen molar-refractivity contribution in [2.24, 2.45) is 56.5 Å². The molecule has 1 aromatic rings. The van der Waals surface area contributed by atoms with Crippen LogP contribution < -0.4 is 5.73 Å². The van der Waals surface area contributed by atoms with Gasteiger partial charge in [-0.25, -0.2) is 9.59 Å². The highest BCUT2D eigenvalue weighted by atomic mass is 16.6. The Kier molecular flexibility index (Phi) is 8.19. The molecule has 4 fully saturated rings. The van der Waals surface area contributed by atoms with E-state index in [4.69, 9.17) is 10.5 Å². The zero-order valence-electron chi connectivity index (χ0n) is 31.2. The monoisotopic (exact) mass is 655 g/mol. The number of carboxylic acid groups (broad SMARTS) is 1. The van der Waals surface area contributed by atoms with Gasteiger partial charge >= 0.3 is 11.9 Å². The number of benzene rings is 1. The maximum Gasteiger partial charge on any atom is 0.338 e. The number of nitrogens with two attached hydrogens (primary N) is 1. The predicted octanol–water partition coefficient (Wildman–Crippen LogP) is 10.0. The van der Waals surface area contributed by atoms with Crippen molar-refractivity contribution < 1.29 is 19.4 Å². The summed E-state index contributed by atoms with van der Waals surface area (Å²) in [6.07, 6.45) is 15.5. The molecule has 0 unspecified atom stereocenters. The highest BCUT2D eigenvalue weighted by Crippen LogP contribution is 2.78. The molecule has 5 aliphatic rings. The molecule has 0 aromatic heterocycles. The molecule has 48 heavy (non-hydrogen) atoms. The van der Waals surface area contributed by atoms with Crippen LogP contribution in [0, 0.1) is 50.7 Å². The molecule has 0 radical (unpaired) electrons. The summed E-state index contributed by atoms with van der Waals surface area (Å²) >= 11 is 0. The lowest BCUT2D eigenvalue weighted by molar-refractivity contribution is -0.226. The number of carbonyl (C=O) groups excluding carboxylic acids is 1. The summed E-state index contributed by atoms with van der Waals surface area (Å²) in [5, 5.41) is 9.67. The Morgan fingerprint density at radius 1 is 0.896 bits per heavy atom. The zero-order valence-corrected chi connectivity index (χ0v) is 31.2. The number of carbonyl (C=O) groups is 2. The second kappa shape index (κ2) is 11.2. The van der Waals surface area contributed by atoms with Crippen molar-refractivity contribution in [3.05, 3.63) is 65.8 Å². The van der Waals surface area contributed by atoms with Gasteiger partial charge in [0.25, 0.3) is 0 Å². The molecule has 0 aliphatic heterocycles. The second-order valence-electron chi connectivity index (χ2n) is 18.9. The molecule has 5 nitrogen and oxygen atoms in total. The molecule has 0 saturated heterocycles. The number of ether oxygens (including phenoxy) is 1. The Balaban J connectivity index is 1.34. The van der Waals surface area contributed by atoms with E-state index < -0.39 is 17.1 Å². The Bertz CT molecular complexity index is 1560. The van der Waals surface area contributed by atoms with Gasteiger partial charge in [-0.15, -0.1) is 0 Å². The smallest absolute Gasteiger partial charge is 0.338 e. The summed E-state index contributed by atoms with van der Waals surface area (Å²) in [6, 6.07) is 8.07. The summed E-state index contributed by atoms with van der Waals surface area (Å²) in [4.78, 5) is 24.5. The molecule has 3 N–H and O–H groups in total. The van der Waals surface area contributed by atoms with Crippen molar-refractivity contribution in [3.8, 4) is 0 Å². The Labute approximate surface area is 289 Å². The molecule has 5 aliphatic carbocycles. The Hall–Kier alpha value is -2.66. The highest BCUT2D eigenvalue weighted by Gasteiger charge is 2.73. The third kappa shape index (κ3) is 4.87. The summed E-state index contributed by atoms with van der Waals surface area (Å²) in [5.41, 5.74) is 11.2. The van der Waals surface area contributed by atoms with Crippen LogP contribution in [-0.2, 0) is 9.53 Å². The van der Waals surface area contributed by atoms with Gasteiger partial charge in [-0.2, -0.15) is 0 Å². The van der Waals surface area contributed by atoms with E-state index in [1.54, 1.807) is 0 Å². The van der Waals surface area contributed by atoms with Crippen molar-refractivity contribution in [2.45, 2.75) is 131 Å². The summed E-state index contributed by atoms with van der Waals surface area (Å²) < 4.78 is 5.62. The molecule has 0 spiro atoms. The molecule has 0 heterocycles. The van der Waals surface area contributed by atoms with Gasteiger partial charge in [-0.1, -0.05) is 71.1 Å². The Morgan fingerprint density at radius 2 is 1.52 bits per heavy atom. The molecule has 0 amide bonds. The lowest BCUT2D eigenvalue weighted by Gasteiger charge is -2.74. The maximum atomic E-state index is 12.7. The van der Waals surface area contributed by atoms with Crippen LogP contribution in [-0.4, -0.2) is 28.2 Å². The minimum Gasteiger partial charge on any atom is -0.478 e. The van der Waals surface area contributed by atoms with Crippen LogP contribution in [0.4, 0.5) is 0 Å². The topological polar surface area (TPSA) is 89.6 Å². The summed E-state index contributed by atoms with van der Waals surface area (Å²) in [6.45, 7) is 25.0. The molecule has 4 saturated carbocycles. The van der Waals surface area contributed by atoms with Crippen molar-refractivity contribution in [1.82, 2.24) is 0 Å². The van der Waals surface area contributed by atoms with Crippen LogP contribution in [0.3, 0.4) is 0 Å². The fraction of sp³-hybridized carbons (Fsp3) is 0.674. The van der Waals surface area contributed by atoms with E-state index in [9.17, 15) is 14.7 Å². The van der Waals surface area contributed by atoms with Gasteiger partial charge in [0.05, 0.1) is 5.56 Å². The minimum atomic E-state index is -0.882. The molecule has 6 rings (SSSR count). The maximum absolute atomic E-state index is 12.7. The molecule has 1 aromatic carbocycles. The van der Waals surface area contributed by atoms with Gasteiger partial charge < -0.3 is 15.6 Å². The van der Waals surface area contributed by atoms with E-state index in [-0.39, 0.29) is 39.0 Å². The van der Waals surface area contributed by atoms with Crippen LogP contribution in [0.15, 0.2) is 54.6 Å². The van der Waals surface area contributed by atoms with E-state index in [2.05, 4.69) is 66.3 Å². The zero-order chi connectivity index (χ0) is 35.3. The lowest BCUT2D eigenvalue weighted by Crippen LogP contribution is -2.73. The summed E-state index contributed by atoms with van der Waals surface area (Å²) in [7, 11) is 0. The largest absolute Gasteiger partial charge is 0.478 e. The number of carboxylic acids is 1. The van der Waals surface area contributed by atoms with Crippen molar-refractivity contribution >= 4 is 17.5 Å². The highest BCUT2D eigenvalue weighted by molar-refractivity contribution is 5.90. The van der Waals surface area contributed by atoms with E-state index in [1.807, 2.05) is 39.0 Å². The predicted molar refractivity (Wildman–Crippen MR) is 194 cm³/mol. The third-order valence-electron chi connectivity index (χ3n) is 15.4. The third-order valence-corrected chi connectivity index (χ3v) is 15.4. The van der Waals surface area contributed by atoms with Crippen LogP contribution in [0.25, 0.3) is 5.57 Å². The fourth-order valence-corrected chi connectivity index (χ4v) is 13.2. The summed E-state index contributed by atoms with van der Waals surface area (Å²) in [5.74, 6) is 0.469. The van der Waals surface area contributed by atoms with Crippen LogP contribution in [0.1, 0.15) is 136 Å². The normalized spacial score (nSPS) is 41.8. The van der Waals surface area contributed by atoms with Crippen LogP contribution in [0.5, 0.6) is 0 Å². The second-order valence-corrected chi connectivity index (χ2v) is 18.9. The van der Waals surface area contributed by atoms with E-state index >= 15 is 0 Å². The number of fused-ring (bicyclic) bond motifs is 7. The van der Waals surface area contributed by atoms with E-state index in [0.29, 0.717) is 23.3 Å². The van der Waals surface area contributed by atoms with Gasteiger partial charge in [0.2, 0.25) is 0 Å². The van der Waals surface area contributed by atoms with Crippen LogP contribution >= 0.6 is 0 Å². The fourth-order valence-electron chi connectivity index (χ4n) is 13.2. The molecule has 5 heteroatoms. The van der Waals surface area contributed by atoms with E-state index in [0.717, 1.165) is 50.5 Å². The molecule has 262 valence electrons. The van der Waals surface area contributed by atoms with Gasteiger partial charge in [0.15, 0.2) is 0 Å². The quantitative estimate of drug-likeness (QED) is 0.187. The number of allylic oxidation sites excluding steroid dienone is 2. The SMILES string of the molecule is C=C(C)[C@@H]1CC[C@]2(/C=C/C(=O)O)CC[C@]3(C)[C@H](CC[C@@H]4[C@@]5(C)CC=C(c6ccc(C(=O)OC(C)(C)C)cc6)C(C)(C)[C@@H]5CC[C@]43C)[C@@]12N. The van der Waals surface area contributed by atoms with Crippen LogP contribution in [0.2, 0.25) is 0 Å². The molecular formula is C43H61NO4. The van der Waals surface area contributed by atoms with Gasteiger partial charge in [0.1, 0.15) is 5.60 Å². The first-order valence-electron chi connectivity index (χ1n) is 18.6. The van der Waals surface area contributed by atoms with Crippen molar-refractivity contribution in [2.75, 3.05) is 0 Å². The number of aliphatic carboxylic acids is 1. The average Bonchev–Trinajstić information content (AvgIpc) is 3.28. The molecular weight excluding hydrogens is 594 g/mol. The van der Waals surface area contributed by atoms with Gasteiger partial charge in [-0.3, -0.25) is 0 Å². The minimum absolute atomic E-state index is 0.0194. The van der Waals surface area contributed by atoms with Crippen molar-refractivity contribution in [3.63, 3.8) is 0 Å². The Morgan fingerprint density at radius 3 is 2.12 bits per heavy atom. The molecule has 0 bridgehead atoms. The number of hydrogen-bond donors (Lipinski definition) is 2. The van der Waals surface area contributed by atoms with Gasteiger partial charge in [-0.05, 0) is 154 Å². The first-order chi connectivity index (χ1) is 22.2. The number of rotatable bonds is 5. The van der Waals surface area contributed by atoms with Gasteiger partial charge in [0, 0.05) is 17.0 Å². The first-order valence-corrected chi connectivity index (χ1v) is 18.6. The molecule has 9 atom stereocenters. The lowest BCUT2D eigenvalue weighted by atomic mass is 9.31. The van der Waals surface area contributed by atoms with E-state index in [1.165, 1.54) is 30.1 Å². The number of hydrogen-bond acceptors (Lipinski definition) is 4. The first kappa shape index (κ1) is 35.2. The van der Waals surface area contributed by atoms with Crippen molar-refractivity contribution in [1.29, 1.82) is 0 Å². The number of esters is 1.